The summed E-state index contributed by atoms with van der Waals surface area (Å²) in [6.07, 6.45) is 34.9. The lowest BCUT2D eigenvalue weighted by molar-refractivity contribution is 0.302. The van der Waals surface area contributed by atoms with Gasteiger partial charge in [0.05, 0.1) is 25.8 Å². The monoisotopic (exact) mass is 769 g/mol. The second-order valence-corrected chi connectivity index (χ2v) is 15.6. The Labute approximate surface area is 341 Å². The van der Waals surface area contributed by atoms with Crippen LogP contribution in [0, 0.1) is 0 Å². The third-order valence-electron chi connectivity index (χ3n) is 10.6. The van der Waals surface area contributed by atoms with Gasteiger partial charge >= 0.3 is 0 Å². The number of nitrogens with zero attached hydrogens (tertiary/aromatic N) is 2. The largest absolute Gasteiger partial charge is 0.507 e. The molecule has 2 N–H and O–H groups in total. The Kier molecular flexibility index (Phi) is 26.0. The normalized spacial score (nSPS) is 12.2. The highest BCUT2D eigenvalue weighted by atomic mass is 16.5. The van der Waals surface area contributed by atoms with Crippen LogP contribution in [0.4, 0.5) is 0 Å². The van der Waals surface area contributed by atoms with Crippen LogP contribution in [0.25, 0.3) is 0 Å². The Bertz CT molecular complexity index is 1460. The molecular weight excluding hydrogens is 693 g/mol. The molecule has 0 amide bonds. The van der Waals surface area contributed by atoms with E-state index >= 15 is 0 Å². The van der Waals surface area contributed by atoms with Crippen LogP contribution in [0.5, 0.6) is 23.0 Å². The van der Waals surface area contributed by atoms with Crippen LogP contribution in [-0.4, -0.2) is 42.4 Å². The first-order chi connectivity index (χ1) is 27.6. The second-order valence-electron chi connectivity index (χ2n) is 15.6. The lowest BCUT2D eigenvalue weighted by Gasteiger charge is -2.11. The minimum atomic E-state index is -0.256. The molecule has 1 atom stereocenters. The Balaban J connectivity index is 1.36. The zero-order valence-corrected chi connectivity index (χ0v) is 35.3. The Morgan fingerprint density at radius 2 is 0.875 bits per heavy atom. The van der Waals surface area contributed by atoms with Gasteiger partial charge in [-0.1, -0.05) is 185 Å². The summed E-state index contributed by atoms with van der Waals surface area (Å²) >= 11 is 0. The van der Waals surface area contributed by atoms with Gasteiger partial charge in [0, 0.05) is 35.7 Å². The molecular formula is C50H76N2O4. The van der Waals surface area contributed by atoms with E-state index in [9.17, 15) is 10.2 Å². The van der Waals surface area contributed by atoms with Gasteiger partial charge in [-0.15, -0.1) is 0 Å². The fraction of sp³-hybridized carbons (Fsp3) is 0.600. The number of ether oxygens (including phenoxy) is 2. The molecule has 0 radical (unpaired) electrons. The zero-order chi connectivity index (χ0) is 39.7. The lowest BCUT2D eigenvalue weighted by Crippen LogP contribution is -2.02. The number of phenolic OH excluding ortho intramolecular Hbond substituents is 2. The van der Waals surface area contributed by atoms with E-state index in [1.807, 2.05) is 54.6 Å². The SMILES string of the molecule is CCCCCCCCCCCCCCOc1ccc(C=NCC(N=Cc2ccc(OCCCCCCCCCCCCCC)cc2O)c2ccccc2)c(O)c1. The summed E-state index contributed by atoms with van der Waals surface area (Å²) in [5.74, 6) is 1.64. The van der Waals surface area contributed by atoms with Crippen molar-refractivity contribution in [1.29, 1.82) is 0 Å². The van der Waals surface area contributed by atoms with Gasteiger partial charge in [-0.05, 0) is 42.7 Å². The van der Waals surface area contributed by atoms with Crippen LogP contribution < -0.4 is 9.47 Å². The fourth-order valence-electron chi connectivity index (χ4n) is 7.05. The highest BCUT2D eigenvalue weighted by molar-refractivity contribution is 5.84. The maximum Gasteiger partial charge on any atom is 0.128 e. The molecule has 0 fully saturated rings. The number of hydrogen-bond acceptors (Lipinski definition) is 6. The van der Waals surface area contributed by atoms with E-state index in [0.717, 1.165) is 18.4 Å². The van der Waals surface area contributed by atoms with E-state index in [1.54, 1.807) is 24.6 Å². The molecule has 0 saturated heterocycles. The lowest BCUT2D eigenvalue weighted by atomic mass is 10.1. The molecule has 6 heteroatoms. The van der Waals surface area contributed by atoms with Gasteiger partial charge in [-0.25, -0.2) is 0 Å². The molecule has 56 heavy (non-hydrogen) atoms. The van der Waals surface area contributed by atoms with E-state index in [-0.39, 0.29) is 17.5 Å². The van der Waals surface area contributed by atoms with Gasteiger partial charge in [-0.3, -0.25) is 9.98 Å². The first-order valence-electron chi connectivity index (χ1n) is 22.6. The maximum atomic E-state index is 10.8. The molecule has 3 rings (SSSR count). The predicted molar refractivity (Wildman–Crippen MR) is 239 cm³/mol. The van der Waals surface area contributed by atoms with Crippen LogP contribution in [0.15, 0.2) is 76.7 Å². The Morgan fingerprint density at radius 1 is 0.482 bits per heavy atom. The van der Waals surface area contributed by atoms with Gasteiger partial charge in [0.2, 0.25) is 0 Å². The minimum absolute atomic E-state index is 0.141. The van der Waals surface area contributed by atoms with Crippen molar-refractivity contribution in [3.63, 3.8) is 0 Å². The summed E-state index contributed by atoms with van der Waals surface area (Å²) in [5, 5.41) is 21.5. The van der Waals surface area contributed by atoms with Crippen molar-refractivity contribution in [2.45, 2.75) is 174 Å². The summed E-state index contributed by atoms with van der Waals surface area (Å²) in [6, 6.07) is 20.6. The van der Waals surface area contributed by atoms with Crippen molar-refractivity contribution in [2.24, 2.45) is 9.98 Å². The first-order valence-corrected chi connectivity index (χ1v) is 22.6. The standard InChI is InChI=1S/C50H76N2O4/c1-3-5-7-9-11-13-15-17-19-21-23-28-36-55-46-34-32-44(49(53)38-46)40-51-42-48(43-30-26-25-27-31-43)52-41-45-33-35-47(39-50(45)54)56-37-29-24-22-20-18-16-14-12-10-8-6-4-2/h25-27,30-35,38-41,48,53-54H,3-24,28-29,36-37,42H2,1-2H3. The van der Waals surface area contributed by atoms with Crippen molar-refractivity contribution < 1.29 is 19.7 Å². The molecule has 6 nitrogen and oxygen atoms in total. The molecule has 0 aliphatic rings. The van der Waals surface area contributed by atoms with Gasteiger partial charge in [-0.2, -0.15) is 0 Å². The third kappa shape index (κ3) is 21.5. The molecule has 3 aromatic carbocycles. The van der Waals surface area contributed by atoms with E-state index in [2.05, 4.69) is 18.8 Å². The Hall–Kier alpha value is -3.80. The number of hydrogen-bond donors (Lipinski definition) is 2. The van der Waals surface area contributed by atoms with Gasteiger partial charge < -0.3 is 19.7 Å². The smallest absolute Gasteiger partial charge is 0.128 e. The van der Waals surface area contributed by atoms with Gasteiger partial charge in [0.1, 0.15) is 23.0 Å². The first kappa shape index (κ1) is 46.6. The van der Waals surface area contributed by atoms with E-state index in [1.165, 1.54) is 141 Å². The number of phenols is 2. The Morgan fingerprint density at radius 3 is 1.29 bits per heavy atom. The van der Waals surface area contributed by atoms with Gasteiger partial charge in [0.25, 0.3) is 0 Å². The third-order valence-corrected chi connectivity index (χ3v) is 10.6. The predicted octanol–water partition coefficient (Wildman–Crippen LogP) is 14.5. The highest BCUT2D eigenvalue weighted by Crippen LogP contribution is 2.26. The number of rotatable bonds is 34. The number of aliphatic imine (C=N–C) groups is 2. The van der Waals surface area contributed by atoms with E-state index in [4.69, 9.17) is 14.5 Å². The quantitative estimate of drug-likeness (QED) is 0.0468. The molecule has 0 aliphatic heterocycles. The number of aromatic hydroxyl groups is 2. The van der Waals surface area contributed by atoms with Crippen LogP contribution in [0.2, 0.25) is 0 Å². The fourth-order valence-corrected chi connectivity index (χ4v) is 7.05. The van der Waals surface area contributed by atoms with Crippen LogP contribution in [0.1, 0.15) is 191 Å². The van der Waals surface area contributed by atoms with Crippen LogP contribution >= 0.6 is 0 Å². The highest BCUT2D eigenvalue weighted by Gasteiger charge is 2.10. The second kappa shape index (κ2) is 31.3. The molecule has 0 bridgehead atoms. The molecule has 0 spiro atoms. The van der Waals surface area contributed by atoms with E-state index < -0.39 is 0 Å². The average molecular weight is 769 g/mol. The molecule has 0 aromatic heterocycles. The summed E-state index contributed by atoms with van der Waals surface area (Å²) in [5.41, 5.74) is 2.29. The zero-order valence-electron chi connectivity index (χ0n) is 35.3. The van der Waals surface area contributed by atoms with Crippen molar-refractivity contribution in [2.75, 3.05) is 19.8 Å². The van der Waals surface area contributed by atoms with Crippen LogP contribution in [-0.2, 0) is 0 Å². The summed E-state index contributed by atoms with van der Waals surface area (Å²) < 4.78 is 11.9. The summed E-state index contributed by atoms with van der Waals surface area (Å²) in [6.45, 7) is 6.25. The molecule has 0 saturated carbocycles. The summed E-state index contributed by atoms with van der Waals surface area (Å²) in [7, 11) is 0. The summed E-state index contributed by atoms with van der Waals surface area (Å²) in [4.78, 5) is 9.49. The van der Waals surface area contributed by atoms with Crippen molar-refractivity contribution in [3.05, 3.63) is 83.4 Å². The number of unbranched alkanes of at least 4 members (excludes halogenated alkanes) is 22. The van der Waals surface area contributed by atoms with E-state index in [0.29, 0.717) is 42.4 Å². The number of benzene rings is 3. The topological polar surface area (TPSA) is 83.6 Å². The minimum Gasteiger partial charge on any atom is -0.507 e. The molecule has 0 heterocycles. The van der Waals surface area contributed by atoms with Crippen molar-refractivity contribution >= 4 is 12.4 Å². The molecule has 310 valence electrons. The molecule has 1 unspecified atom stereocenters. The average Bonchev–Trinajstić information content (AvgIpc) is 3.21. The van der Waals surface area contributed by atoms with Crippen molar-refractivity contribution in [3.8, 4) is 23.0 Å². The van der Waals surface area contributed by atoms with Crippen LogP contribution in [0.3, 0.4) is 0 Å². The molecule has 0 aliphatic carbocycles. The maximum absolute atomic E-state index is 10.8. The molecule has 3 aromatic rings. The van der Waals surface area contributed by atoms with Crippen molar-refractivity contribution in [1.82, 2.24) is 0 Å². The van der Waals surface area contributed by atoms with Gasteiger partial charge in [0.15, 0.2) is 0 Å².